The van der Waals surface area contributed by atoms with E-state index < -0.39 is 0 Å². The van der Waals surface area contributed by atoms with E-state index in [1.807, 2.05) is 13.1 Å². The van der Waals surface area contributed by atoms with Crippen molar-refractivity contribution in [2.24, 2.45) is 0 Å². The molecule has 0 saturated carbocycles. The Morgan fingerprint density at radius 2 is 1.95 bits per heavy atom. The highest BCUT2D eigenvalue weighted by Gasteiger charge is 2.15. The molecule has 0 atom stereocenters. The van der Waals surface area contributed by atoms with Crippen LogP contribution >= 0.6 is 12.4 Å². The van der Waals surface area contributed by atoms with Crippen LogP contribution in [0.15, 0.2) is 24.7 Å². The number of anilines is 1. The lowest BCUT2D eigenvalue weighted by Gasteiger charge is -2.13. The maximum absolute atomic E-state index is 5.94. The van der Waals surface area contributed by atoms with Crippen molar-refractivity contribution in [3.63, 3.8) is 0 Å². The molecule has 0 aliphatic heterocycles. The van der Waals surface area contributed by atoms with Gasteiger partial charge in [0.25, 0.3) is 0 Å². The van der Waals surface area contributed by atoms with Gasteiger partial charge in [-0.2, -0.15) is 0 Å². The molecule has 2 aromatic rings. The Kier molecular flexibility index (Phi) is 6.37. The molecule has 1 aliphatic carbocycles. The highest BCUT2D eigenvalue weighted by Crippen LogP contribution is 2.19. The van der Waals surface area contributed by atoms with Crippen LogP contribution in [0.2, 0.25) is 0 Å². The minimum Gasteiger partial charge on any atom is -1.00 e. The van der Waals surface area contributed by atoms with Gasteiger partial charge < -0.3 is 18.1 Å². The smallest absolute Gasteiger partial charge is 0.178 e. The summed E-state index contributed by atoms with van der Waals surface area (Å²) in [5, 5.41) is 0. The number of rotatable bonds is 2. The fourth-order valence-corrected chi connectivity index (χ4v) is 2.65. The van der Waals surface area contributed by atoms with Gasteiger partial charge in [-0.05, 0) is 38.2 Å². The molecule has 4 nitrogen and oxygen atoms in total. The average molecular weight is 327 g/mol. The Bertz CT molecular complexity index is 617. The number of aromatic nitrogens is 3. The van der Waals surface area contributed by atoms with E-state index in [1.54, 1.807) is 0 Å². The van der Waals surface area contributed by atoms with Crippen LogP contribution in [0.1, 0.15) is 35.4 Å². The van der Waals surface area contributed by atoms with Crippen LogP contribution in [0.5, 0.6) is 0 Å². The lowest BCUT2D eigenvalue weighted by molar-refractivity contribution is -0.688. The number of aryl methyl sites for hydroxylation is 3. The summed E-state index contributed by atoms with van der Waals surface area (Å²) in [4.78, 5) is 8.43. The molecule has 2 N–H and O–H groups in total. The summed E-state index contributed by atoms with van der Waals surface area (Å²) in [7, 11) is 0. The summed E-state index contributed by atoms with van der Waals surface area (Å²) < 4.78 is 2.18. The van der Waals surface area contributed by atoms with Gasteiger partial charge in [-0.3, -0.25) is 0 Å². The van der Waals surface area contributed by atoms with Crippen molar-refractivity contribution in [2.45, 2.75) is 39.2 Å². The molecule has 21 heavy (non-hydrogen) atoms. The van der Waals surface area contributed by atoms with Crippen LogP contribution in [0.4, 0.5) is 5.82 Å². The van der Waals surface area contributed by atoms with Crippen LogP contribution in [-0.4, -0.2) is 9.97 Å². The second-order valence-electron chi connectivity index (χ2n) is 5.20. The lowest BCUT2D eigenvalue weighted by Crippen LogP contribution is -3.00. The summed E-state index contributed by atoms with van der Waals surface area (Å²) in [5.74, 6) is 1.30. The molecular formula is C15H20Cl2N4. The minimum absolute atomic E-state index is 0. The molecule has 0 spiro atoms. The quantitative estimate of drug-likeness (QED) is 0.721. The van der Waals surface area contributed by atoms with Gasteiger partial charge in [0.1, 0.15) is 11.6 Å². The molecule has 3 rings (SSSR count). The van der Waals surface area contributed by atoms with E-state index in [9.17, 15) is 0 Å². The number of fused-ring (bicyclic) bond motifs is 1. The molecule has 0 bridgehead atoms. The first-order chi connectivity index (χ1) is 9.22. The van der Waals surface area contributed by atoms with Gasteiger partial charge in [-0.15, -0.1) is 12.4 Å². The van der Waals surface area contributed by atoms with Crippen molar-refractivity contribution in [1.82, 2.24) is 9.97 Å². The van der Waals surface area contributed by atoms with Crippen molar-refractivity contribution in [1.29, 1.82) is 0 Å². The molecule has 2 aromatic heterocycles. The minimum atomic E-state index is 0. The summed E-state index contributed by atoms with van der Waals surface area (Å²) in [6.07, 6.45) is 11.2. The van der Waals surface area contributed by atoms with Crippen molar-refractivity contribution in [3.8, 4) is 0 Å². The third-order valence-corrected chi connectivity index (χ3v) is 3.71. The van der Waals surface area contributed by atoms with Crippen LogP contribution in [0, 0.1) is 6.92 Å². The molecule has 0 radical (unpaired) electrons. The average Bonchev–Trinajstić information content (AvgIpc) is 2.42. The van der Waals surface area contributed by atoms with Crippen molar-refractivity contribution in [3.05, 3.63) is 47.2 Å². The Balaban J connectivity index is 0.00000110. The third kappa shape index (κ3) is 4.05. The fraction of sp³-hybridized carbons (Fsp3) is 0.400. The lowest BCUT2D eigenvalue weighted by atomic mass is 9.93. The number of nitrogens with two attached hydrogens (primary N) is 1. The topological polar surface area (TPSA) is 55.7 Å². The highest BCUT2D eigenvalue weighted by molar-refractivity contribution is 5.85. The summed E-state index contributed by atoms with van der Waals surface area (Å²) in [5.41, 5.74) is 9.89. The second-order valence-corrected chi connectivity index (χ2v) is 5.20. The van der Waals surface area contributed by atoms with E-state index in [0.717, 1.165) is 17.9 Å². The molecule has 0 saturated heterocycles. The molecule has 0 amide bonds. The zero-order chi connectivity index (χ0) is 13.2. The second kappa shape index (κ2) is 7.57. The van der Waals surface area contributed by atoms with Gasteiger partial charge >= 0.3 is 0 Å². The van der Waals surface area contributed by atoms with Gasteiger partial charge in [0.05, 0.1) is 5.56 Å². The maximum Gasteiger partial charge on any atom is 0.178 e. The number of hydrogen-bond acceptors (Lipinski definition) is 3. The number of nitrogen functional groups attached to an aromatic ring is 1. The predicted molar refractivity (Wildman–Crippen MR) is 80.8 cm³/mol. The number of hydrogen-bond donors (Lipinski definition) is 1. The van der Waals surface area contributed by atoms with Crippen molar-refractivity contribution >= 4 is 18.2 Å². The molecule has 0 unspecified atom stereocenters. The number of halogens is 2. The zero-order valence-corrected chi connectivity index (χ0v) is 13.6. The van der Waals surface area contributed by atoms with Crippen LogP contribution in [0.3, 0.4) is 0 Å². The van der Waals surface area contributed by atoms with E-state index in [1.165, 1.54) is 36.8 Å². The Morgan fingerprint density at radius 3 is 2.67 bits per heavy atom. The van der Waals surface area contributed by atoms with Gasteiger partial charge in [0, 0.05) is 17.8 Å². The van der Waals surface area contributed by atoms with Gasteiger partial charge in [-0.1, -0.05) is 0 Å². The van der Waals surface area contributed by atoms with E-state index in [2.05, 4.69) is 33.0 Å². The molecule has 6 heteroatoms. The number of nitrogens with zero attached hydrogens (tertiary/aromatic N) is 3. The van der Waals surface area contributed by atoms with E-state index in [-0.39, 0.29) is 24.8 Å². The largest absolute Gasteiger partial charge is 1.00 e. The Morgan fingerprint density at radius 1 is 1.24 bits per heavy atom. The molecular weight excluding hydrogens is 307 g/mol. The van der Waals surface area contributed by atoms with Crippen LogP contribution in [-0.2, 0) is 19.4 Å². The molecule has 2 heterocycles. The maximum atomic E-state index is 5.94. The molecule has 1 aliphatic rings. The third-order valence-electron chi connectivity index (χ3n) is 3.71. The SMILES string of the molecule is Cc1ncc(C[n+]2ccc3c(c2)CCCC3)c(N)n1.Cl.[Cl-]. The van der Waals surface area contributed by atoms with Crippen molar-refractivity contribution in [2.75, 3.05) is 5.73 Å². The molecule has 114 valence electrons. The Labute approximate surface area is 137 Å². The predicted octanol–water partition coefficient (Wildman–Crippen LogP) is -0.992. The van der Waals surface area contributed by atoms with Gasteiger partial charge in [-0.25, -0.2) is 14.5 Å². The normalized spacial score (nSPS) is 12.8. The van der Waals surface area contributed by atoms with Gasteiger partial charge in [0.15, 0.2) is 18.9 Å². The first-order valence-electron chi connectivity index (χ1n) is 6.81. The standard InChI is InChI=1S/C15H19N4.2ClH/c1-11-17-8-14(15(16)18-11)10-19-7-6-12-4-2-3-5-13(12)9-19;;/h6-9H,2-5,10H2,1H3,(H2,16,17,18);2*1H/q+1;;/p-1. The summed E-state index contributed by atoms with van der Waals surface area (Å²) >= 11 is 0. The zero-order valence-electron chi connectivity index (χ0n) is 12.1. The van der Waals surface area contributed by atoms with Crippen molar-refractivity contribution < 1.29 is 17.0 Å². The van der Waals surface area contributed by atoms with E-state index in [4.69, 9.17) is 5.73 Å². The Hall–Kier alpha value is -1.39. The molecule has 0 fully saturated rings. The van der Waals surface area contributed by atoms with E-state index >= 15 is 0 Å². The van der Waals surface area contributed by atoms with E-state index in [0.29, 0.717) is 5.82 Å². The number of pyridine rings is 1. The monoisotopic (exact) mass is 326 g/mol. The fourth-order valence-electron chi connectivity index (χ4n) is 2.65. The highest BCUT2D eigenvalue weighted by atomic mass is 35.5. The van der Waals surface area contributed by atoms with Crippen LogP contribution in [0.25, 0.3) is 0 Å². The first kappa shape index (κ1) is 17.7. The molecule has 0 aromatic carbocycles. The summed E-state index contributed by atoms with van der Waals surface area (Å²) in [6.45, 7) is 2.59. The van der Waals surface area contributed by atoms with Crippen LogP contribution < -0.4 is 22.7 Å². The summed E-state index contributed by atoms with van der Waals surface area (Å²) in [6, 6.07) is 2.24. The van der Waals surface area contributed by atoms with Gasteiger partial charge in [0.2, 0.25) is 0 Å². The first-order valence-corrected chi connectivity index (χ1v) is 6.81.